The lowest BCUT2D eigenvalue weighted by Crippen LogP contribution is -2.29. The zero-order chi connectivity index (χ0) is 9.23. The predicted octanol–water partition coefficient (Wildman–Crippen LogP) is 1.51. The maximum Gasteiger partial charge on any atom is 0.413 e. The van der Waals surface area contributed by atoms with Crippen LogP contribution in [0, 0.1) is 0 Å². The molecule has 0 rings (SSSR count). The highest BCUT2D eigenvalue weighted by Crippen LogP contribution is 1.93. The molecule has 3 nitrogen and oxygen atoms in total. The molecule has 4 heteroatoms. The van der Waals surface area contributed by atoms with Crippen LogP contribution >= 0.6 is 0 Å². The minimum absolute atomic E-state index is 0.616. The molecule has 0 unspecified atom stereocenters. The van der Waals surface area contributed by atoms with Crippen LogP contribution in [0.1, 0.15) is 26.7 Å². The summed E-state index contributed by atoms with van der Waals surface area (Å²) in [6, 6.07) is 0. The van der Waals surface area contributed by atoms with E-state index in [1.165, 1.54) is 0 Å². The molecule has 0 saturated heterocycles. The van der Waals surface area contributed by atoms with Crippen LogP contribution in [0.4, 0.5) is 0 Å². The topological polar surface area (TPSA) is 27.7 Å². The van der Waals surface area contributed by atoms with E-state index in [-0.39, 0.29) is 0 Å². The summed E-state index contributed by atoms with van der Waals surface area (Å²) in [7, 11) is 0.533. The second kappa shape index (κ2) is 9.19. The van der Waals surface area contributed by atoms with Gasteiger partial charge in [-0.1, -0.05) is 13.8 Å². The molecule has 0 aliphatic rings. The van der Waals surface area contributed by atoms with Crippen LogP contribution in [0.15, 0.2) is 0 Å². The summed E-state index contributed by atoms with van der Waals surface area (Å²) in [4.78, 5) is 0. The van der Waals surface area contributed by atoms with Gasteiger partial charge in [-0.3, -0.25) is 0 Å². The van der Waals surface area contributed by atoms with Gasteiger partial charge in [0, 0.05) is 20.3 Å². The van der Waals surface area contributed by atoms with Gasteiger partial charge < -0.3 is 13.6 Å². The number of rotatable bonds is 8. The van der Waals surface area contributed by atoms with E-state index in [1.807, 2.05) is 0 Å². The molecule has 0 aromatic rings. The first-order valence-corrected chi connectivity index (χ1v) is 5.97. The Morgan fingerprint density at radius 3 is 1.83 bits per heavy atom. The maximum absolute atomic E-state index is 5.49. The monoisotopic (exact) mass is 191 g/mol. The number of methoxy groups -OCH3 is 1. The van der Waals surface area contributed by atoms with E-state index in [9.17, 15) is 0 Å². The highest BCUT2D eigenvalue weighted by atomic mass is 28.3. The number of hydrogen-bond donors (Lipinski definition) is 0. The van der Waals surface area contributed by atoms with Crippen LogP contribution in [0.25, 0.3) is 0 Å². The Labute approximate surface area is 76.9 Å². The molecular formula is C8H19O3Si. The van der Waals surface area contributed by atoms with Gasteiger partial charge in [0.15, 0.2) is 0 Å². The van der Waals surface area contributed by atoms with Crippen molar-refractivity contribution in [3.63, 3.8) is 0 Å². The van der Waals surface area contributed by atoms with Crippen LogP contribution < -0.4 is 0 Å². The van der Waals surface area contributed by atoms with Crippen LogP contribution in [0.3, 0.4) is 0 Å². The first-order chi connectivity index (χ1) is 5.85. The normalized spacial score (nSPS) is 11.0. The Morgan fingerprint density at radius 1 is 1.00 bits per heavy atom. The fourth-order valence-corrected chi connectivity index (χ4v) is 2.02. The average molecular weight is 191 g/mol. The second-order valence-corrected chi connectivity index (χ2v) is 4.11. The van der Waals surface area contributed by atoms with Gasteiger partial charge >= 0.3 is 9.28 Å². The molecule has 0 N–H and O–H groups in total. The van der Waals surface area contributed by atoms with Crippen LogP contribution in [0.5, 0.6) is 0 Å². The largest absolute Gasteiger partial charge is 0.413 e. The van der Waals surface area contributed by atoms with Gasteiger partial charge in [-0.2, -0.15) is 0 Å². The Bertz CT molecular complexity index is 82.4. The quantitative estimate of drug-likeness (QED) is 0.544. The van der Waals surface area contributed by atoms with E-state index in [0.717, 1.165) is 26.1 Å². The van der Waals surface area contributed by atoms with Crippen molar-refractivity contribution < 1.29 is 13.6 Å². The van der Waals surface area contributed by atoms with Gasteiger partial charge in [0.25, 0.3) is 0 Å². The SMILES string of the molecule is CCCO[Si](COC)OCCC. The standard InChI is InChI=1S/C8H19O3Si/c1-4-6-10-12(8-9-3)11-7-5-2/h4-8H2,1-3H3. The van der Waals surface area contributed by atoms with Crippen molar-refractivity contribution in [1.29, 1.82) is 0 Å². The highest BCUT2D eigenvalue weighted by molar-refractivity contribution is 6.44. The second-order valence-electron chi connectivity index (χ2n) is 2.50. The smallest absolute Gasteiger partial charge is 0.392 e. The summed E-state index contributed by atoms with van der Waals surface area (Å²) in [6.07, 6.45) is 2.69. The van der Waals surface area contributed by atoms with Gasteiger partial charge in [-0.05, 0) is 12.8 Å². The minimum atomic E-state index is -1.14. The van der Waals surface area contributed by atoms with E-state index in [4.69, 9.17) is 13.6 Å². The molecule has 12 heavy (non-hydrogen) atoms. The molecule has 0 fully saturated rings. The van der Waals surface area contributed by atoms with Crippen molar-refractivity contribution in [2.75, 3.05) is 26.6 Å². The maximum atomic E-state index is 5.49. The van der Waals surface area contributed by atoms with Crippen LogP contribution in [-0.2, 0) is 13.6 Å². The van der Waals surface area contributed by atoms with Crippen LogP contribution in [0.2, 0.25) is 0 Å². The molecule has 0 amide bonds. The number of ether oxygens (including phenoxy) is 1. The Morgan fingerprint density at radius 2 is 1.50 bits per heavy atom. The molecule has 0 aromatic heterocycles. The van der Waals surface area contributed by atoms with Crippen molar-refractivity contribution in [1.82, 2.24) is 0 Å². The lowest BCUT2D eigenvalue weighted by atomic mass is 10.5. The summed E-state index contributed by atoms with van der Waals surface area (Å²) in [5, 5.41) is 0. The summed E-state index contributed by atoms with van der Waals surface area (Å²) in [5.74, 6) is 0. The van der Waals surface area contributed by atoms with Gasteiger partial charge in [-0.25, -0.2) is 0 Å². The third kappa shape index (κ3) is 6.79. The molecule has 0 aliphatic carbocycles. The molecule has 0 saturated carbocycles. The van der Waals surface area contributed by atoms with Gasteiger partial charge in [0.05, 0.1) is 6.23 Å². The van der Waals surface area contributed by atoms with Crippen LogP contribution in [-0.4, -0.2) is 35.8 Å². The molecule has 0 bridgehead atoms. The zero-order valence-corrected chi connectivity index (χ0v) is 9.26. The molecule has 0 atom stereocenters. The third-order valence-corrected chi connectivity index (χ3v) is 2.77. The fourth-order valence-electron chi connectivity index (χ4n) is 0.675. The third-order valence-electron chi connectivity index (χ3n) is 1.20. The highest BCUT2D eigenvalue weighted by Gasteiger charge is 2.14. The lowest BCUT2D eigenvalue weighted by molar-refractivity contribution is 0.148. The Balaban J connectivity index is 3.40. The van der Waals surface area contributed by atoms with Gasteiger partial charge in [-0.15, -0.1) is 0 Å². The zero-order valence-electron chi connectivity index (χ0n) is 8.26. The number of hydrogen-bond acceptors (Lipinski definition) is 3. The van der Waals surface area contributed by atoms with E-state index < -0.39 is 9.28 Å². The van der Waals surface area contributed by atoms with E-state index in [0.29, 0.717) is 6.23 Å². The van der Waals surface area contributed by atoms with Crippen molar-refractivity contribution in [3.05, 3.63) is 0 Å². The van der Waals surface area contributed by atoms with Gasteiger partial charge in [0.1, 0.15) is 0 Å². The minimum Gasteiger partial charge on any atom is -0.392 e. The molecule has 73 valence electrons. The van der Waals surface area contributed by atoms with E-state index in [2.05, 4.69) is 13.8 Å². The molecule has 0 heterocycles. The Kier molecular flexibility index (Phi) is 9.26. The summed E-state index contributed by atoms with van der Waals surface area (Å²) in [6.45, 7) is 5.74. The summed E-state index contributed by atoms with van der Waals surface area (Å²) in [5.41, 5.74) is 0. The van der Waals surface area contributed by atoms with Gasteiger partial charge in [0.2, 0.25) is 0 Å². The van der Waals surface area contributed by atoms with Crippen molar-refractivity contribution in [2.45, 2.75) is 26.7 Å². The van der Waals surface area contributed by atoms with Crippen molar-refractivity contribution in [2.24, 2.45) is 0 Å². The van der Waals surface area contributed by atoms with E-state index in [1.54, 1.807) is 7.11 Å². The molecule has 0 aliphatic heterocycles. The Hall–Kier alpha value is 0.0969. The summed E-state index contributed by atoms with van der Waals surface area (Å²) >= 11 is 0. The molecule has 1 radical (unpaired) electrons. The molecular weight excluding hydrogens is 172 g/mol. The van der Waals surface area contributed by atoms with Crippen molar-refractivity contribution >= 4 is 9.28 Å². The molecule has 0 aromatic carbocycles. The lowest BCUT2D eigenvalue weighted by Gasteiger charge is -2.13. The predicted molar refractivity (Wildman–Crippen MR) is 50.1 cm³/mol. The molecule has 0 spiro atoms. The summed E-state index contributed by atoms with van der Waals surface area (Å²) < 4.78 is 16.0. The average Bonchev–Trinajstić information content (AvgIpc) is 2.10. The van der Waals surface area contributed by atoms with E-state index >= 15 is 0 Å². The first kappa shape index (κ1) is 12.1. The fraction of sp³-hybridized carbons (Fsp3) is 1.00. The van der Waals surface area contributed by atoms with Crippen molar-refractivity contribution in [3.8, 4) is 0 Å². The first-order valence-electron chi connectivity index (χ1n) is 4.45.